The molecular weight excluding hydrogens is 356 g/mol. The number of hydrogen-bond donors (Lipinski definition) is 1. The fourth-order valence-corrected chi connectivity index (χ4v) is 3.26. The van der Waals surface area contributed by atoms with Gasteiger partial charge in [-0.2, -0.15) is 0 Å². The van der Waals surface area contributed by atoms with Gasteiger partial charge in [-0.1, -0.05) is 42.1 Å². The summed E-state index contributed by atoms with van der Waals surface area (Å²) in [5.74, 6) is -0.146. The van der Waals surface area contributed by atoms with Crippen LogP contribution in [0.2, 0.25) is 0 Å². The summed E-state index contributed by atoms with van der Waals surface area (Å²) in [6, 6.07) is 14.0. The Bertz CT molecular complexity index is 901. The molecule has 138 valence electrons. The zero-order valence-electron chi connectivity index (χ0n) is 15.5. The maximum absolute atomic E-state index is 12.9. The van der Waals surface area contributed by atoms with Crippen molar-refractivity contribution in [2.45, 2.75) is 24.9 Å². The zero-order chi connectivity index (χ0) is 19.1. The van der Waals surface area contributed by atoms with Gasteiger partial charge in [0.15, 0.2) is 5.16 Å². The van der Waals surface area contributed by atoms with Gasteiger partial charge >= 0.3 is 0 Å². The zero-order valence-corrected chi connectivity index (χ0v) is 16.3. The van der Waals surface area contributed by atoms with E-state index in [1.807, 2.05) is 43.5 Å². The molecule has 0 spiro atoms. The van der Waals surface area contributed by atoms with Gasteiger partial charge in [-0.05, 0) is 43.7 Å². The molecule has 0 bridgehead atoms. The number of benzene rings is 1. The number of rotatable bonds is 7. The highest BCUT2D eigenvalue weighted by molar-refractivity contribution is 7.98. The minimum Gasteiger partial charge on any atom is -0.352 e. The highest BCUT2D eigenvalue weighted by Gasteiger charge is 2.19. The third-order valence-corrected chi connectivity index (χ3v) is 4.73. The van der Waals surface area contributed by atoms with Crippen LogP contribution < -0.4 is 5.32 Å². The lowest BCUT2D eigenvalue weighted by atomic mass is 10.1. The first kappa shape index (κ1) is 19.0. The number of carbonyl (C=O) groups is 1. The Labute approximate surface area is 163 Å². The predicted molar refractivity (Wildman–Crippen MR) is 109 cm³/mol. The van der Waals surface area contributed by atoms with E-state index < -0.39 is 0 Å². The SMILES string of the molecule is CSc1nc(C)c(C(=O)NCCCc2ccccc2)c(-c2cccnc2)n1. The molecule has 1 amide bonds. The minimum atomic E-state index is -0.146. The smallest absolute Gasteiger partial charge is 0.255 e. The van der Waals surface area contributed by atoms with E-state index in [-0.39, 0.29) is 5.91 Å². The summed E-state index contributed by atoms with van der Waals surface area (Å²) in [6.07, 6.45) is 7.15. The van der Waals surface area contributed by atoms with Gasteiger partial charge in [0.05, 0.1) is 17.0 Å². The van der Waals surface area contributed by atoms with Crippen LogP contribution in [0.15, 0.2) is 60.0 Å². The Morgan fingerprint density at radius 2 is 1.93 bits per heavy atom. The molecule has 27 heavy (non-hydrogen) atoms. The molecular formula is C21H22N4OS. The Kier molecular flexibility index (Phi) is 6.54. The van der Waals surface area contributed by atoms with E-state index in [4.69, 9.17) is 0 Å². The van der Waals surface area contributed by atoms with E-state index in [1.54, 1.807) is 12.4 Å². The fraction of sp³-hybridized carbons (Fsp3) is 0.238. The molecule has 0 fully saturated rings. The van der Waals surface area contributed by atoms with Gasteiger partial charge in [0.1, 0.15) is 0 Å². The van der Waals surface area contributed by atoms with E-state index in [9.17, 15) is 4.79 Å². The Morgan fingerprint density at radius 3 is 2.63 bits per heavy atom. The van der Waals surface area contributed by atoms with Gasteiger partial charge in [0.25, 0.3) is 5.91 Å². The Morgan fingerprint density at radius 1 is 1.11 bits per heavy atom. The number of thioether (sulfide) groups is 1. The van der Waals surface area contributed by atoms with Crippen LogP contribution in [0.1, 0.15) is 28.0 Å². The summed E-state index contributed by atoms with van der Waals surface area (Å²) >= 11 is 1.46. The average molecular weight is 379 g/mol. The Hall–Kier alpha value is -2.73. The van der Waals surface area contributed by atoms with Gasteiger partial charge in [0.2, 0.25) is 0 Å². The third-order valence-electron chi connectivity index (χ3n) is 4.18. The van der Waals surface area contributed by atoms with Crippen molar-refractivity contribution in [3.63, 3.8) is 0 Å². The summed E-state index contributed by atoms with van der Waals surface area (Å²) < 4.78 is 0. The van der Waals surface area contributed by atoms with Crippen molar-refractivity contribution < 1.29 is 4.79 Å². The summed E-state index contributed by atoms with van der Waals surface area (Å²) in [6.45, 7) is 2.45. The molecule has 3 rings (SSSR count). The molecule has 0 unspecified atom stereocenters. The summed E-state index contributed by atoms with van der Waals surface area (Å²) in [5, 5.41) is 3.66. The number of hydrogen-bond acceptors (Lipinski definition) is 5. The summed E-state index contributed by atoms with van der Waals surface area (Å²) in [5.41, 5.74) is 3.90. The van der Waals surface area contributed by atoms with E-state index in [2.05, 4.69) is 32.4 Å². The number of nitrogens with zero attached hydrogens (tertiary/aromatic N) is 3. The summed E-state index contributed by atoms with van der Waals surface area (Å²) in [7, 11) is 0. The lowest BCUT2D eigenvalue weighted by Gasteiger charge is -2.13. The van der Waals surface area contributed by atoms with Crippen LogP contribution in [-0.4, -0.2) is 33.7 Å². The van der Waals surface area contributed by atoms with Crippen LogP contribution in [0.4, 0.5) is 0 Å². The van der Waals surface area contributed by atoms with Crippen LogP contribution >= 0.6 is 11.8 Å². The highest BCUT2D eigenvalue weighted by atomic mass is 32.2. The highest BCUT2D eigenvalue weighted by Crippen LogP contribution is 2.25. The number of amides is 1. The monoisotopic (exact) mass is 378 g/mol. The molecule has 1 aromatic carbocycles. The van der Waals surface area contributed by atoms with E-state index in [0.29, 0.717) is 28.7 Å². The number of nitrogens with one attached hydrogen (secondary N) is 1. The van der Waals surface area contributed by atoms with E-state index >= 15 is 0 Å². The standard InChI is InChI=1S/C21H22N4OS/c1-15-18(20(26)23-13-6-10-16-8-4-3-5-9-16)19(25-21(24-15)27-2)17-11-7-12-22-14-17/h3-5,7-9,11-12,14H,6,10,13H2,1-2H3,(H,23,26). The van der Waals surface area contributed by atoms with Gasteiger partial charge in [-0.25, -0.2) is 9.97 Å². The van der Waals surface area contributed by atoms with Crippen LogP contribution in [0.5, 0.6) is 0 Å². The van der Waals surface area contributed by atoms with Crippen molar-refractivity contribution >= 4 is 17.7 Å². The van der Waals surface area contributed by atoms with Crippen molar-refractivity contribution in [1.29, 1.82) is 0 Å². The molecule has 0 saturated heterocycles. The fourth-order valence-electron chi connectivity index (χ4n) is 2.85. The molecule has 2 aromatic heterocycles. The van der Waals surface area contributed by atoms with Crippen LogP contribution in [0.25, 0.3) is 11.3 Å². The van der Waals surface area contributed by atoms with E-state index in [1.165, 1.54) is 17.3 Å². The quantitative estimate of drug-likeness (QED) is 0.383. The van der Waals surface area contributed by atoms with Crippen molar-refractivity contribution in [3.8, 4) is 11.3 Å². The molecule has 0 aliphatic heterocycles. The number of pyridine rings is 1. The lowest BCUT2D eigenvalue weighted by Crippen LogP contribution is -2.27. The first-order valence-electron chi connectivity index (χ1n) is 8.84. The molecule has 1 N–H and O–H groups in total. The normalized spacial score (nSPS) is 10.6. The van der Waals surface area contributed by atoms with Gasteiger partial charge < -0.3 is 5.32 Å². The number of aromatic nitrogens is 3. The second-order valence-electron chi connectivity index (χ2n) is 6.11. The third kappa shape index (κ3) is 4.92. The van der Waals surface area contributed by atoms with Crippen molar-refractivity contribution in [2.75, 3.05) is 12.8 Å². The maximum atomic E-state index is 12.9. The average Bonchev–Trinajstić information content (AvgIpc) is 2.71. The lowest BCUT2D eigenvalue weighted by molar-refractivity contribution is 0.0952. The van der Waals surface area contributed by atoms with Gasteiger partial charge in [0, 0.05) is 24.5 Å². The first-order chi connectivity index (χ1) is 13.2. The molecule has 3 aromatic rings. The molecule has 5 nitrogen and oxygen atoms in total. The topological polar surface area (TPSA) is 67.8 Å². The van der Waals surface area contributed by atoms with Crippen molar-refractivity contribution in [1.82, 2.24) is 20.3 Å². The largest absolute Gasteiger partial charge is 0.352 e. The van der Waals surface area contributed by atoms with Crippen molar-refractivity contribution in [3.05, 3.63) is 71.7 Å². The maximum Gasteiger partial charge on any atom is 0.255 e. The predicted octanol–water partition coefficient (Wildman–Crippen LogP) is 3.93. The molecule has 0 aliphatic rings. The molecule has 2 heterocycles. The second kappa shape index (κ2) is 9.28. The molecule has 6 heteroatoms. The summed E-state index contributed by atoms with van der Waals surface area (Å²) in [4.78, 5) is 26.0. The minimum absolute atomic E-state index is 0.146. The number of aryl methyl sites for hydroxylation is 2. The second-order valence-corrected chi connectivity index (χ2v) is 6.88. The van der Waals surface area contributed by atoms with Gasteiger partial charge in [-0.3, -0.25) is 9.78 Å². The molecule has 0 atom stereocenters. The van der Waals surface area contributed by atoms with Crippen LogP contribution in [0, 0.1) is 6.92 Å². The number of carbonyl (C=O) groups excluding carboxylic acids is 1. The van der Waals surface area contributed by atoms with E-state index in [0.717, 1.165) is 18.4 Å². The Balaban J connectivity index is 1.75. The first-order valence-corrected chi connectivity index (χ1v) is 10.1. The van der Waals surface area contributed by atoms with Crippen LogP contribution in [0.3, 0.4) is 0 Å². The van der Waals surface area contributed by atoms with Crippen LogP contribution in [-0.2, 0) is 6.42 Å². The van der Waals surface area contributed by atoms with Gasteiger partial charge in [-0.15, -0.1) is 0 Å². The molecule has 0 aliphatic carbocycles. The van der Waals surface area contributed by atoms with Crippen molar-refractivity contribution in [2.24, 2.45) is 0 Å². The molecule has 0 radical (unpaired) electrons. The molecule has 0 saturated carbocycles.